The molecule has 0 unspecified atom stereocenters. The number of anilines is 1. The molecule has 1 fully saturated rings. The highest BCUT2D eigenvalue weighted by molar-refractivity contribution is 6.05. The quantitative estimate of drug-likeness (QED) is 0.877. The van der Waals surface area contributed by atoms with Crippen LogP contribution in [0.2, 0.25) is 0 Å². The molecule has 0 spiro atoms. The number of carbonyl (C=O) groups is 1. The second kappa shape index (κ2) is 8.28. The van der Waals surface area contributed by atoms with Crippen molar-refractivity contribution in [3.63, 3.8) is 0 Å². The van der Waals surface area contributed by atoms with Gasteiger partial charge in [-0.3, -0.25) is 4.79 Å². The molecule has 1 aliphatic heterocycles. The highest BCUT2D eigenvalue weighted by Crippen LogP contribution is 2.22. The first kappa shape index (κ1) is 17.6. The summed E-state index contributed by atoms with van der Waals surface area (Å²) in [6.45, 7) is 8.90. The molecule has 4 heteroatoms. The minimum absolute atomic E-state index is 0.0470. The number of quaternary nitrogens is 1. The molecular weight excluding hydrogens is 312 g/mol. The van der Waals surface area contributed by atoms with Gasteiger partial charge in [0, 0.05) is 16.8 Å². The van der Waals surface area contributed by atoms with Crippen molar-refractivity contribution >= 4 is 11.6 Å². The number of nitrogens with one attached hydrogen (secondary N) is 2. The van der Waals surface area contributed by atoms with Crippen LogP contribution in [0, 0.1) is 6.92 Å². The molecule has 1 aliphatic rings. The average Bonchev–Trinajstić information content (AvgIpc) is 2.64. The van der Waals surface area contributed by atoms with Gasteiger partial charge in [0.05, 0.1) is 13.2 Å². The molecule has 0 aromatic heterocycles. The summed E-state index contributed by atoms with van der Waals surface area (Å²) in [4.78, 5) is 14.1. The van der Waals surface area contributed by atoms with Gasteiger partial charge in [-0.15, -0.1) is 0 Å². The maximum atomic E-state index is 12.6. The topological polar surface area (TPSA) is 42.8 Å². The van der Waals surface area contributed by atoms with Crippen LogP contribution in [-0.2, 0) is 17.7 Å². The number of carbonyl (C=O) groups excluding carboxylic acids is 1. The minimum atomic E-state index is -0.0470. The van der Waals surface area contributed by atoms with E-state index in [0.29, 0.717) is 5.56 Å². The summed E-state index contributed by atoms with van der Waals surface area (Å²) in [6.07, 6.45) is 0.901. The van der Waals surface area contributed by atoms with E-state index >= 15 is 0 Å². The summed E-state index contributed by atoms with van der Waals surface area (Å²) in [5.74, 6) is -0.0470. The normalized spacial score (nSPS) is 15.1. The summed E-state index contributed by atoms with van der Waals surface area (Å²) in [5.41, 5.74) is 5.17. The molecule has 3 rings (SSSR count). The van der Waals surface area contributed by atoms with Gasteiger partial charge in [0.15, 0.2) is 0 Å². The highest BCUT2D eigenvalue weighted by atomic mass is 16.5. The van der Waals surface area contributed by atoms with Gasteiger partial charge >= 0.3 is 0 Å². The fraction of sp³-hybridized carbons (Fsp3) is 0.381. The van der Waals surface area contributed by atoms with Crippen LogP contribution >= 0.6 is 0 Å². The largest absolute Gasteiger partial charge is 0.370 e. The molecule has 0 radical (unpaired) electrons. The molecular formula is C21H27N2O2+. The number of ether oxygens (including phenoxy) is 1. The Labute approximate surface area is 149 Å². The summed E-state index contributed by atoms with van der Waals surface area (Å²) in [5, 5.41) is 3.09. The van der Waals surface area contributed by atoms with E-state index in [2.05, 4.69) is 30.4 Å². The first-order valence-corrected chi connectivity index (χ1v) is 9.07. The predicted molar refractivity (Wildman–Crippen MR) is 100 cm³/mol. The van der Waals surface area contributed by atoms with Gasteiger partial charge in [0.25, 0.3) is 5.91 Å². The van der Waals surface area contributed by atoms with Crippen LogP contribution in [0.25, 0.3) is 0 Å². The zero-order valence-corrected chi connectivity index (χ0v) is 15.1. The van der Waals surface area contributed by atoms with Gasteiger partial charge in [0.1, 0.15) is 19.6 Å². The number of hydrogen-bond donors (Lipinski definition) is 2. The second-order valence-electron chi connectivity index (χ2n) is 6.65. The van der Waals surface area contributed by atoms with Gasteiger partial charge in [-0.25, -0.2) is 0 Å². The lowest BCUT2D eigenvalue weighted by atomic mass is 10.0. The number of amides is 1. The lowest BCUT2D eigenvalue weighted by Gasteiger charge is -2.23. The van der Waals surface area contributed by atoms with E-state index in [9.17, 15) is 4.79 Å². The SMILES string of the molecule is CCc1cccc(C)c1NC(=O)c1ccc(C[NH+]2CCOCC2)cc1. The van der Waals surface area contributed by atoms with E-state index in [1.54, 1.807) is 0 Å². The number of rotatable bonds is 5. The van der Waals surface area contributed by atoms with Crippen molar-refractivity contribution in [3.05, 3.63) is 64.7 Å². The van der Waals surface area contributed by atoms with Gasteiger partial charge in [-0.2, -0.15) is 0 Å². The van der Waals surface area contributed by atoms with E-state index in [1.165, 1.54) is 16.0 Å². The Balaban J connectivity index is 1.67. The van der Waals surface area contributed by atoms with Crippen LogP contribution < -0.4 is 10.2 Å². The number of benzene rings is 2. The standard InChI is InChI=1S/C21H26N2O2/c1-3-18-6-4-5-16(2)20(18)22-21(24)19-9-7-17(8-10-19)15-23-11-13-25-14-12-23/h4-10H,3,11-15H2,1-2H3,(H,22,24)/p+1. The first-order chi connectivity index (χ1) is 12.2. The van der Waals surface area contributed by atoms with E-state index in [-0.39, 0.29) is 5.91 Å². The molecule has 1 heterocycles. The Hall–Kier alpha value is -2.17. The monoisotopic (exact) mass is 339 g/mol. The van der Waals surface area contributed by atoms with Crippen LogP contribution in [0.5, 0.6) is 0 Å². The van der Waals surface area contributed by atoms with E-state index < -0.39 is 0 Å². The molecule has 0 saturated carbocycles. The number of para-hydroxylation sites is 1. The number of morpholine rings is 1. The zero-order chi connectivity index (χ0) is 17.6. The Morgan fingerprint density at radius 1 is 1.12 bits per heavy atom. The van der Waals surface area contributed by atoms with Gasteiger partial charge in [-0.1, -0.05) is 37.3 Å². The molecule has 132 valence electrons. The van der Waals surface area contributed by atoms with Crippen molar-refractivity contribution in [3.8, 4) is 0 Å². The maximum Gasteiger partial charge on any atom is 0.255 e. The van der Waals surface area contributed by atoms with Crippen LogP contribution in [0.4, 0.5) is 5.69 Å². The third kappa shape index (κ3) is 4.47. The molecule has 0 atom stereocenters. The lowest BCUT2D eigenvalue weighted by molar-refractivity contribution is -0.921. The summed E-state index contributed by atoms with van der Waals surface area (Å²) >= 11 is 0. The van der Waals surface area contributed by atoms with E-state index in [0.717, 1.165) is 50.5 Å². The highest BCUT2D eigenvalue weighted by Gasteiger charge is 2.15. The minimum Gasteiger partial charge on any atom is -0.370 e. The first-order valence-electron chi connectivity index (χ1n) is 9.07. The Morgan fingerprint density at radius 3 is 2.52 bits per heavy atom. The smallest absolute Gasteiger partial charge is 0.255 e. The van der Waals surface area contributed by atoms with Crippen molar-refractivity contribution < 1.29 is 14.4 Å². The van der Waals surface area contributed by atoms with Crippen LogP contribution in [0.3, 0.4) is 0 Å². The van der Waals surface area contributed by atoms with Crippen LogP contribution in [0.15, 0.2) is 42.5 Å². The summed E-state index contributed by atoms with van der Waals surface area (Å²) in [6, 6.07) is 14.1. The molecule has 0 bridgehead atoms. The Morgan fingerprint density at radius 2 is 1.84 bits per heavy atom. The van der Waals surface area contributed by atoms with Crippen molar-refractivity contribution in [2.24, 2.45) is 0 Å². The molecule has 2 N–H and O–H groups in total. The van der Waals surface area contributed by atoms with Gasteiger partial charge < -0.3 is 15.0 Å². The molecule has 2 aromatic rings. The van der Waals surface area contributed by atoms with Crippen molar-refractivity contribution in [1.82, 2.24) is 0 Å². The molecule has 1 amide bonds. The fourth-order valence-electron chi connectivity index (χ4n) is 3.29. The van der Waals surface area contributed by atoms with Crippen LogP contribution in [0.1, 0.15) is 34.0 Å². The Kier molecular flexibility index (Phi) is 5.84. The molecule has 25 heavy (non-hydrogen) atoms. The Bertz CT molecular complexity index is 719. The van der Waals surface area contributed by atoms with Crippen LogP contribution in [-0.4, -0.2) is 32.2 Å². The fourth-order valence-corrected chi connectivity index (χ4v) is 3.29. The average molecular weight is 339 g/mol. The van der Waals surface area contributed by atoms with E-state index in [4.69, 9.17) is 4.74 Å². The van der Waals surface area contributed by atoms with Gasteiger partial charge in [-0.05, 0) is 36.6 Å². The molecule has 4 nitrogen and oxygen atoms in total. The predicted octanol–water partition coefficient (Wildman–Crippen LogP) is 2.22. The number of aryl methyl sites for hydroxylation is 2. The van der Waals surface area contributed by atoms with E-state index in [1.807, 2.05) is 31.2 Å². The maximum absolute atomic E-state index is 12.6. The van der Waals surface area contributed by atoms with Crippen molar-refractivity contribution in [1.29, 1.82) is 0 Å². The number of hydrogen-bond acceptors (Lipinski definition) is 2. The lowest BCUT2D eigenvalue weighted by Crippen LogP contribution is -3.12. The third-order valence-corrected chi connectivity index (χ3v) is 4.85. The van der Waals surface area contributed by atoms with Crippen molar-refractivity contribution in [2.75, 3.05) is 31.6 Å². The van der Waals surface area contributed by atoms with Crippen molar-refractivity contribution in [2.45, 2.75) is 26.8 Å². The zero-order valence-electron chi connectivity index (χ0n) is 15.1. The second-order valence-corrected chi connectivity index (χ2v) is 6.65. The summed E-state index contributed by atoms with van der Waals surface area (Å²) < 4.78 is 5.40. The molecule has 1 saturated heterocycles. The summed E-state index contributed by atoms with van der Waals surface area (Å²) in [7, 11) is 0. The van der Waals surface area contributed by atoms with Gasteiger partial charge in [0.2, 0.25) is 0 Å². The molecule has 2 aromatic carbocycles. The molecule has 0 aliphatic carbocycles. The third-order valence-electron chi connectivity index (χ3n) is 4.85.